The zero-order valence-corrected chi connectivity index (χ0v) is 14.9. The molecule has 8 heteroatoms. The van der Waals surface area contributed by atoms with Gasteiger partial charge in [-0.3, -0.25) is 4.79 Å². The van der Waals surface area contributed by atoms with Gasteiger partial charge in [0, 0.05) is 31.9 Å². The van der Waals surface area contributed by atoms with Crippen molar-refractivity contribution >= 4 is 15.9 Å². The number of aromatic nitrogens is 1. The number of carbonyl (C=O) groups is 1. The summed E-state index contributed by atoms with van der Waals surface area (Å²) in [5.74, 6) is -0.275. The van der Waals surface area contributed by atoms with Crippen LogP contribution in [0.3, 0.4) is 0 Å². The van der Waals surface area contributed by atoms with Crippen molar-refractivity contribution in [3.63, 3.8) is 0 Å². The number of carbonyl (C=O) groups excluding carboxylic acids is 1. The molecule has 1 aromatic rings. The molecule has 130 valence electrons. The lowest BCUT2D eigenvalue weighted by atomic mass is 10.0. The number of ether oxygens (including phenoxy) is 1. The maximum absolute atomic E-state index is 12.6. The van der Waals surface area contributed by atoms with E-state index in [0.29, 0.717) is 32.0 Å². The molecule has 0 aromatic carbocycles. The smallest absolute Gasteiger partial charge is 0.268 e. The number of sulfonamides is 1. The maximum atomic E-state index is 12.6. The molecule has 0 unspecified atom stereocenters. The Balaban J connectivity index is 2.25. The quantitative estimate of drug-likeness (QED) is 0.864. The van der Waals surface area contributed by atoms with Gasteiger partial charge in [-0.1, -0.05) is 6.92 Å². The molecule has 0 radical (unpaired) electrons. The van der Waals surface area contributed by atoms with E-state index in [4.69, 9.17) is 4.74 Å². The summed E-state index contributed by atoms with van der Waals surface area (Å²) in [6.45, 7) is 7.30. The summed E-state index contributed by atoms with van der Waals surface area (Å²) in [6, 6.07) is 1.44. The van der Waals surface area contributed by atoms with Gasteiger partial charge in [-0.15, -0.1) is 0 Å². The third-order valence-electron chi connectivity index (χ3n) is 4.16. The highest BCUT2D eigenvalue weighted by molar-refractivity contribution is 7.89. The lowest BCUT2D eigenvalue weighted by molar-refractivity contribution is 0.0730. The van der Waals surface area contributed by atoms with Gasteiger partial charge in [0.05, 0.1) is 13.2 Å². The fraction of sp³-hybridized carbons (Fsp3) is 0.667. The van der Waals surface area contributed by atoms with Crippen LogP contribution in [-0.4, -0.2) is 55.0 Å². The number of nitrogens with one attached hydrogen (secondary N) is 1. The van der Waals surface area contributed by atoms with Crippen LogP contribution in [0.5, 0.6) is 0 Å². The van der Waals surface area contributed by atoms with Crippen molar-refractivity contribution in [3.8, 4) is 0 Å². The zero-order valence-electron chi connectivity index (χ0n) is 14.1. The second-order valence-electron chi connectivity index (χ2n) is 6.38. The van der Waals surface area contributed by atoms with E-state index in [1.165, 1.54) is 16.6 Å². The SMILES string of the molecule is CCC(C)(C)NC(=O)c1cc(S(=O)(=O)N2CCOCC2)cn1C. The fourth-order valence-corrected chi connectivity index (χ4v) is 3.78. The van der Waals surface area contributed by atoms with Gasteiger partial charge in [0.2, 0.25) is 10.0 Å². The van der Waals surface area contributed by atoms with E-state index in [-0.39, 0.29) is 16.3 Å². The van der Waals surface area contributed by atoms with E-state index in [1.807, 2.05) is 20.8 Å². The van der Waals surface area contributed by atoms with Crippen molar-refractivity contribution in [2.75, 3.05) is 26.3 Å². The van der Waals surface area contributed by atoms with Gasteiger partial charge in [-0.05, 0) is 26.3 Å². The number of aryl methyl sites for hydroxylation is 1. The molecule has 1 N–H and O–H groups in total. The predicted molar refractivity (Wildman–Crippen MR) is 86.8 cm³/mol. The van der Waals surface area contributed by atoms with Gasteiger partial charge in [0.1, 0.15) is 10.6 Å². The third-order valence-corrected chi connectivity index (χ3v) is 6.02. The lowest BCUT2D eigenvalue weighted by Gasteiger charge is -2.25. The summed E-state index contributed by atoms with van der Waals surface area (Å²) in [6.07, 6.45) is 2.26. The summed E-state index contributed by atoms with van der Waals surface area (Å²) < 4.78 is 33.4. The van der Waals surface area contributed by atoms with Crippen LogP contribution in [0.15, 0.2) is 17.2 Å². The molecule has 0 atom stereocenters. The van der Waals surface area contributed by atoms with E-state index < -0.39 is 10.0 Å². The maximum Gasteiger partial charge on any atom is 0.268 e. The Bertz CT molecular complexity index is 673. The fourth-order valence-electron chi connectivity index (χ4n) is 2.30. The molecular weight excluding hydrogens is 318 g/mol. The molecule has 1 aliphatic heterocycles. The van der Waals surface area contributed by atoms with Gasteiger partial charge in [-0.25, -0.2) is 8.42 Å². The van der Waals surface area contributed by atoms with Crippen LogP contribution in [0.25, 0.3) is 0 Å². The average Bonchev–Trinajstić information content (AvgIpc) is 2.90. The molecule has 0 saturated carbocycles. The Kier molecular flexibility index (Phi) is 5.17. The minimum absolute atomic E-state index is 0.140. The molecule has 2 rings (SSSR count). The monoisotopic (exact) mass is 343 g/mol. The third kappa shape index (κ3) is 3.94. The van der Waals surface area contributed by atoms with E-state index in [0.717, 1.165) is 6.42 Å². The molecule has 1 saturated heterocycles. The van der Waals surface area contributed by atoms with Crippen LogP contribution < -0.4 is 5.32 Å². The van der Waals surface area contributed by atoms with E-state index in [1.54, 1.807) is 11.6 Å². The summed E-state index contributed by atoms with van der Waals surface area (Å²) in [4.78, 5) is 12.5. The largest absolute Gasteiger partial charge is 0.379 e. The van der Waals surface area contributed by atoms with Gasteiger partial charge >= 0.3 is 0 Å². The Morgan fingerprint density at radius 1 is 1.35 bits per heavy atom. The molecule has 0 bridgehead atoms. The number of rotatable bonds is 5. The van der Waals surface area contributed by atoms with Crippen LogP contribution in [0.4, 0.5) is 0 Å². The second kappa shape index (κ2) is 6.62. The van der Waals surface area contributed by atoms with Crippen molar-refractivity contribution in [1.29, 1.82) is 0 Å². The highest BCUT2D eigenvalue weighted by atomic mass is 32.2. The van der Waals surface area contributed by atoms with Crippen LogP contribution in [0.1, 0.15) is 37.7 Å². The molecule has 0 aliphatic carbocycles. The van der Waals surface area contributed by atoms with Crippen LogP contribution in [0, 0.1) is 0 Å². The van der Waals surface area contributed by atoms with Crippen LogP contribution in [0.2, 0.25) is 0 Å². The molecular formula is C15H25N3O4S. The first-order chi connectivity index (χ1) is 10.7. The molecule has 0 spiro atoms. The minimum Gasteiger partial charge on any atom is -0.379 e. The Morgan fingerprint density at radius 3 is 2.52 bits per heavy atom. The molecule has 1 amide bonds. The molecule has 7 nitrogen and oxygen atoms in total. The first kappa shape index (κ1) is 18.0. The standard InChI is InChI=1S/C15H25N3O4S/c1-5-15(2,3)16-14(19)13-10-12(11-17(13)4)23(20,21)18-6-8-22-9-7-18/h10-11H,5-9H2,1-4H3,(H,16,19). The van der Waals surface area contributed by atoms with Crippen molar-refractivity contribution in [1.82, 2.24) is 14.2 Å². The number of nitrogens with zero attached hydrogens (tertiary/aromatic N) is 2. The zero-order chi connectivity index (χ0) is 17.3. The minimum atomic E-state index is -3.59. The second-order valence-corrected chi connectivity index (χ2v) is 8.32. The topological polar surface area (TPSA) is 80.6 Å². The normalized spacial score (nSPS) is 17.2. The number of hydrogen-bond acceptors (Lipinski definition) is 4. The number of morpholine rings is 1. The van der Waals surface area contributed by atoms with E-state index in [2.05, 4.69) is 5.32 Å². The van der Waals surface area contributed by atoms with Gasteiger partial charge < -0.3 is 14.6 Å². The van der Waals surface area contributed by atoms with Crippen molar-refractivity contribution in [2.24, 2.45) is 7.05 Å². The average molecular weight is 343 g/mol. The Labute approximate surface area is 137 Å². The molecule has 1 fully saturated rings. The van der Waals surface area contributed by atoms with Gasteiger partial charge in [0.25, 0.3) is 5.91 Å². The molecule has 1 aromatic heterocycles. The van der Waals surface area contributed by atoms with Crippen LogP contribution in [-0.2, 0) is 21.8 Å². The molecule has 23 heavy (non-hydrogen) atoms. The summed E-state index contributed by atoms with van der Waals surface area (Å²) >= 11 is 0. The summed E-state index contributed by atoms with van der Waals surface area (Å²) in [5, 5.41) is 2.92. The molecule has 1 aliphatic rings. The first-order valence-corrected chi connectivity index (χ1v) is 9.18. The number of amides is 1. The van der Waals surface area contributed by atoms with E-state index in [9.17, 15) is 13.2 Å². The summed E-state index contributed by atoms with van der Waals surface area (Å²) in [5.41, 5.74) is -0.0108. The van der Waals surface area contributed by atoms with Crippen molar-refractivity contribution < 1.29 is 17.9 Å². The van der Waals surface area contributed by atoms with Crippen molar-refractivity contribution in [2.45, 2.75) is 37.6 Å². The van der Waals surface area contributed by atoms with Gasteiger partial charge in [0.15, 0.2) is 0 Å². The predicted octanol–water partition coefficient (Wildman–Crippen LogP) is 0.964. The number of hydrogen-bond donors (Lipinski definition) is 1. The van der Waals surface area contributed by atoms with Crippen molar-refractivity contribution in [3.05, 3.63) is 18.0 Å². The van der Waals surface area contributed by atoms with Crippen LogP contribution >= 0.6 is 0 Å². The molecule has 2 heterocycles. The lowest BCUT2D eigenvalue weighted by Crippen LogP contribution is -2.43. The first-order valence-electron chi connectivity index (χ1n) is 7.74. The summed E-state index contributed by atoms with van der Waals surface area (Å²) in [7, 11) is -1.92. The highest BCUT2D eigenvalue weighted by Crippen LogP contribution is 2.20. The van der Waals surface area contributed by atoms with E-state index >= 15 is 0 Å². The van der Waals surface area contributed by atoms with Gasteiger partial charge in [-0.2, -0.15) is 4.31 Å². The Morgan fingerprint density at radius 2 is 1.96 bits per heavy atom. The Hall–Kier alpha value is -1.38. The highest BCUT2D eigenvalue weighted by Gasteiger charge is 2.29.